The number of fused-ring (bicyclic) bond motifs is 1. The third-order valence-corrected chi connectivity index (χ3v) is 5.11. The third-order valence-electron chi connectivity index (χ3n) is 4.82. The molecule has 9 heteroatoms. The van der Waals surface area contributed by atoms with Gasteiger partial charge < -0.3 is 15.4 Å². The lowest BCUT2D eigenvalue weighted by Crippen LogP contribution is -2.35. The maximum absolute atomic E-state index is 12.2. The Balaban J connectivity index is 1.90. The van der Waals surface area contributed by atoms with Crippen molar-refractivity contribution in [1.82, 2.24) is 5.32 Å². The maximum Gasteiger partial charge on any atom is 0.342 e. The smallest absolute Gasteiger partial charge is 0.342 e. The molecule has 2 N–H and O–H groups in total. The molecule has 1 heterocycles. The zero-order chi connectivity index (χ0) is 22.8. The minimum atomic E-state index is -0.523. The molecule has 0 unspecified atom stereocenters. The fourth-order valence-corrected chi connectivity index (χ4v) is 3.50. The van der Waals surface area contributed by atoms with Gasteiger partial charge in [0.1, 0.15) is 11.5 Å². The Hall–Kier alpha value is -3.39. The first kappa shape index (κ1) is 22.3. The van der Waals surface area contributed by atoms with Crippen LogP contribution in [0.4, 0.5) is 16.2 Å². The number of hydrogen-bond acceptors (Lipinski definition) is 5. The van der Waals surface area contributed by atoms with Crippen molar-refractivity contribution in [1.29, 1.82) is 0 Å². The Bertz CT molecular complexity index is 1080. The summed E-state index contributed by atoms with van der Waals surface area (Å²) >= 11 is 6.40. The zero-order valence-corrected chi connectivity index (χ0v) is 18.4. The van der Waals surface area contributed by atoms with Crippen LogP contribution in [0.15, 0.2) is 41.5 Å². The van der Waals surface area contributed by atoms with Crippen LogP contribution in [0.25, 0.3) is 0 Å². The van der Waals surface area contributed by atoms with Crippen LogP contribution in [0.5, 0.6) is 11.5 Å². The van der Waals surface area contributed by atoms with E-state index in [9.17, 15) is 14.4 Å². The summed E-state index contributed by atoms with van der Waals surface area (Å²) in [7, 11) is 1.46. The van der Waals surface area contributed by atoms with E-state index in [1.807, 2.05) is 19.9 Å². The van der Waals surface area contributed by atoms with E-state index in [0.717, 1.165) is 16.3 Å². The number of urea groups is 1. The van der Waals surface area contributed by atoms with Crippen molar-refractivity contribution in [3.63, 3.8) is 0 Å². The molecule has 0 fully saturated rings. The standard InChI is InChI=1S/C22H23ClN4O4/c1-13(12-28)26-27(21(30)24-4)14-5-8-19(17(23)9-14)31-15-6-7-18-16(10-15)22(2,3)11-20(29)25-18/h5-10,12H,11H2,1-4H3,(H,24,30)(H,25,29)/b26-13-. The van der Waals surface area contributed by atoms with E-state index in [1.165, 1.54) is 20.0 Å². The van der Waals surface area contributed by atoms with E-state index in [1.54, 1.807) is 24.3 Å². The number of carbonyl (C=O) groups excluding carboxylic acids is 3. The van der Waals surface area contributed by atoms with Crippen LogP contribution < -0.4 is 20.4 Å². The number of ether oxygens (including phenoxy) is 1. The van der Waals surface area contributed by atoms with Crippen molar-refractivity contribution < 1.29 is 19.1 Å². The number of nitrogens with zero attached hydrogens (tertiary/aromatic N) is 2. The quantitative estimate of drug-likeness (QED) is 0.405. The number of carbonyl (C=O) groups is 3. The number of nitrogens with one attached hydrogen (secondary N) is 2. The first-order chi connectivity index (χ1) is 14.6. The number of aldehydes is 1. The molecule has 0 saturated heterocycles. The highest BCUT2D eigenvalue weighted by molar-refractivity contribution is 6.32. The molecule has 3 amide bonds. The average Bonchev–Trinajstić information content (AvgIpc) is 2.72. The predicted octanol–water partition coefficient (Wildman–Crippen LogP) is 4.47. The molecule has 0 aliphatic carbocycles. The summed E-state index contributed by atoms with van der Waals surface area (Å²) in [5.41, 5.74) is 1.91. The van der Waals surface area contributed by atoms with Gasteiger partial charge in [-0.15, -0.1) is 0 Å². The maximum atomic E-state index is 12.2. The van der Waals surface area contributed by atoms with Gasteiger partial charge in [0.25, 0.3) is 0 Å². The Labute approximate surface area is 185 Å². The van der Waals surface area contributed by atoms with Gasteiger partial charge in [0.2, 0.25) is 5.91 Å². The highest BCUT2D eigenvalue weighted by atomic mass is 35.5. The van der Waals surface area contributed by atoms with E-state index >= 15 is 0 Å². The summed E-state index contributed by atoms with van der Waals surface area (Å²) in [4.78, 5) is 35.0. The van der Waals surface area contributed by atoms with Crippen molar-refractivity contribution in [3.05, 3.63) is 47.0 Å². The van der Waals surface area contributed by atoms with Crippen molar-refractivity contribution in [2.75, 3.05) is 17.4 Å². The van der Waals surface area contributed by atoms with E-state index in [0.29, 0.717) is 29.9 Å². The molecule has 0 spiro atoms. The molecule has 2 aromatic carbocycles. The van der Waals surface area contributed by atoms with E-state index < -0.39 is 6.03 Å². The molecule has 2 aromatic rings. The summed E-state index contributed by atoms with van der Waals surface area (Å²) in [6.07, 6.45) is 0.935. The number of rotatable bonds is 5. The van der Waals surface area contributed by atoms with Gasteiger partial charge in [0, 0.05) is 24.6 Å². The number of anilines is 2. The lowest BCUT2D eigenvalue weighted by molar-refractivity contribution is -0.117. The van der Waals surface area contributed by atoms with Crippen LogP contribution in [0.3, 0.4) is 0 Å². The number of halogens is 1. The summed E-state index contributed by atoms with van der Waals surface area (Å²) in [6, 6.07) is 9.66. The summed E-state index contributed by atoms with van der Waals surface area (Å²) in [6.45, 7) is 5.50. The van der Waals surface area contributed by atoms with Gasteiger partial charge in [-0.05, 0) is 48.9 Å². The van der Waals surface area contributed by atoms with Crippen molar-refractivity contribution >= 4 is 46.9 Å². The van der Waals surface area contributed by atoms with Crippen LogP contribution in [0, 0.1) is 0 Å². The van der Waals surface area contributed by atoms with E-state index in [4.69, 9.17) is 16.3 Å². The van der Waals surface area contributed by atoms with Crippen LogP contribution in [0.2, 0.25) is 5.02 Å². The SMILES string of the molecule is CNC(=O)N(/N=C(/C)C=O)c1ccc(Oc2ccc3c(c2)C(C)(C)CC(=O)N3)c(Cl)c1. The molecule has 0 radical (unpaired) electrons. The van der Waals surface area contributed by atoms with Gasteiger partial charge in [0.05, 0.1) is 16.4 Å². The fourth-order valence-electron chi connectivity index (χ4n) is 3.29. The normalized spacial score (nSPS) is 14.9. The predicted molar refractivity (Wildman–Crippen MR) is 120 cm³/mol. The summed E-state index contributed by atoms with van der Waals surface area (Å²) < 4.78 is 5.96. The van der Waals surface area contributed by atoms with Crippen LogP contribution in [-0.2, 0) is 15.0 Å². The Morgan fingerprint density at radius 3 is 2.68 bits per heavy atom. The molecule has 1 aliphatic heterocycles. The number of hydrogen-bond donors (Lipinski definition) is 2. The fraction of sp³-hybridized carbons (Fsp3) is 0.273. The Morgan fingerprint density at radius 1 is 1.29 bits per heavy atom. The highest BCUT2D eigenvalue weighted by Crippen LogP contribution is 2.41. The third kappa shape index (κ3) is 4.86. The van der Waals surface area contributed by atoms with Crippen LogP contribution >= 0.6 is 11.6 Å². The van der Waals surface area contributed by atoms with Crippen molar-refractivity contribution in [2.45, 2.75) is 32.6 Å². The number of hydrazone groups is 1. The Morgan fingerprint density at radius 2 is 2.03 bits per heavy atom. The van der Waals surface area contributed by atoms with Gasteiger partial charge in [-0.2, -0.15) is 10.1 Å². The summed E-state index contributed by atoms with van der Waals surface area (Å²) in [5.74, 6) is 0.935. The monoisotopic (exact) mass is 442 g/mol. The minimum Gasteiger partial charge on any atom is -0.456 e. The van der Waals surface area contributed by atoms with Crippen LogP contribution in [0.1, 0.15) is 32.8 Å². The topological polar surface area (TPSA) is 100 Å². The molecule has 0 saturated carbocycles. The molecular weight excluding hydrogens is 420 g/mol. The van der Waals surface area contributed by atoms with E-state index in [-0.39, 0.29) is 22.1 Å². The van der Waals surface area contributed by atoms with Gasteiger partial charge in [-0.25, -0.2) is 4.79 Å². The number of benzene rings is 2. The van der Waals surface area contributed by atoms with E-state index in [2.05, 4.69) is 15.7 Å². The number of amides is 3. The van der Waals surface area contributed by atoms with Gasteiger partial charge in [-0.3, -0.25) is 9.59 Å². The van der Waals surface area contributed by atoms with Gasteiger partial charge >= 0.3 is 6.03 Å². The molecule has 162 valence electrons. The second-order valence-corrected chi connectivity index (χ2v) is 8.17. The summed E-state index contributed by atoms with van der Waals surface area (Å²) in [5, 5.41) is 10.6. The Kier molecular flexibility index (Phi) is 6.31. The molecular formula is C22H23ClN4O4. The second kappa shape index (κ2) is 8.77. The first-order valence-corrected chi connectivity index (χ1v) is 9.96. The second-order valence-electron chi connectivity index (χ2n) is 7.76. The van der Waals surface area contributed by atoms with Crippen molar-refractivity contribution in [3.8, 4) is 11.5 Å². The molecule has 3 rings (SSSR count). The molecule has 0 aromatic heterocycles. The lowest BCUT2D eigenvalue weighted by atomic mass is 9.78. The first-order valence-electron chi connectivity index (χ1n) is 9.58. The molecule has 1 aliphatic rings. The highest BCUT2D eigenvalue weighted by Gasteiger charge is 2.32. The molecule has 0 bridgehead atoms. The molecule has 8 nitrogen and oxygen atoms in total. The van der Waals surface area contributed by atoms with Gasteiger partial charge in [-0.1, -0.05) is 25.4 Å². The van der Waals surface area contributed by atoms with Gasteiger partial charge in [0.15, 0.2) is 6.29 Å². The van der Waals surface area contributed by atoms with Crippen molar-refractivity contribution in [2.24, 2.45) is 5.10 Å². The minimum absolute atomic E-state index is 0.0158. The molecule has 31 heavy (non-hydrogen) atoms. The largest absolute Gasteiger partial charge is 0.456 e. The lowest BCUT2D eigenvalue weighted by Gasteiger charge is -2.32. The zero-order valence-electron chi connectivity index (χ0n) is 17.7. The average molecular weight is 443 g/mol. The molecule has 0 atom stereocenters. The van der Waals surface area contributed by atoms with Crippen LogP contribution in [-0.4, -0.2) is 31.0 Å².